The fourth-order valence-electron chi connectivity index (χ4n) is 4.02. The van der Waals surface area contributed by atoms with Crippen LogP contribution in [0.4, 0.5) is 21.7 Å². The molecule has 0 saturated carbocycles. The van der Waals surface area contributed by atoms with Gasteiger partial charge in [0.25, 0.3) is 0 Å². The molecule has 4 heterocycles. The molecule has 35 heavy (non-hydrogen) atoms. The lowest BCUT2D eigenvalue weighted by atomic mass is 10.1. The molecule has 1 N–H and O–H groups in total. The van der Waals surface area contributed by atoms with Gasteiger partial charge in [0.2, 0.25) is 5.95 Å². The Morgan fingerprint density at radius 2 is 1.94 bits per heavy atom. The summed E-state index contributed by atoms with van der Waals surface area (Å²) in [4.78, 5) is 10.7. The molecule has 1 aliphatic heterocycles. The van der Waals surface area contributed by atoms with Crippen molar-refractivity contribution in [3.05, 3.63) is 72.2 Å². The summed E-state index contributed by atoms with van der Waals surface area (Å²) in [7, 11) is -3.64. The van der Waals surface area contributed by atoms with Crippen LogP contribution in [-0.4, -0.2) is 52.3 Å². The largest absolute Gasteiger partial charge is 0.352 e. The summed E-state index contributed by atoms with van der Waals surface area (Å²) in [6.45, 7) is 3.50. The van der Waals surface area contributed by atoms with Gasteiger partial charge in [-0.15, -0.1) is 10.2 Å². The van der Waals surface area contributed by atoms with Crippen molar-refractivity contribution in [3.63, 3.8) is 0 Å². The van der Waals surface area contributed by atoms with Gasteiger partial charge in [-0.2, -0.15) is 0 Å². The molecule has 0 atom stereocenters. The molecule has 0 fully saturated rings. The Bertz CT molecular complexity index is 1530. The maximum atomic E-state index is 14.3. The molecular formula is C24H24FN7O2S. The topological polar surface area (TPSA) is 105 Å². The monoisotopic (exact) mass is 493 g/mol. The number of hydrogen-bond acceptors (Lipinski definition) is 8. The zero-order chi connectivity index (χ0) is 24.6. The molecule has 4 aromatic rings. The molecular weight excluding hydrogens is 469 g/mol. The first-order chi connectivity index (χ1) is 16.8. The number of hydrogen-bond donors (Lipinski definition) is 1. The van der Waals surface area contributed by atoms with Crippen molar-refractivity contribution in [2.24, 2.45) is 0 Å². The molecule has 180 valence electrons. The second-order valence-electron chi connectivity index (χ2n) is 8.35. The van der Waals surface area contributed by atoms with E-state index in [0.717, 1.165) is 48.7 Å². The third-order valence-electron chi connectivity index (χ3n) is 5.92. The summed E-state index contributed by atoms with van der Waals surface area (Å²) < 4.78 is 39.6. The summed E-state index contributed by atoms with van der Waals surface area (Å²) in [6, 6.07) is 7.59. The van der Waals surface area contributed by atoms with Crippen LogP contribution in [-0.2, 0) is 16.3 Å². The molecule has 0 amide bonds. The van der Waals surface area contributed by atoms with Gasteiger partial charge in [-0.1, -0.05) is 13.0 Å². The van der Waals surface area contributed by atoms with Crippen LogP contribution in [0.15, 0.2) is 59.9 Å². The Hall–Kier alpha value is -3.86. The minimum Gasteiger partial charge on any atom is -0.352 e. The van der Waals surface area contributed by atoms with E-state index in [1.165, 1.54) is 12.1 Å². The van der Waals surface area contributed by atoms with Gasteiger partial charge in [-0.25, -0.2) is 22.8 Å². The number of nitrogens with zero attached hydrogens (tertiary/aromatic N) is 6. The van der Waals surface area contributed by atoms with E-state index < -0.39 is 15.7 Å². The van der Waals surface area contributed by atoms with Crippen molar-refractivity contribution in [3.8, 4) is 0 Å². The summed E-state index contributed by atoms with van der Waals surface area (Å²) in [5, 5.41) is 11.9. The number of pyridine rings is 1. The van der Waals surface area contributed by atoms with Gasteiger partial charge in [-0.05, 0) is 54.3 Å². The molecule has 9 nitrogen and oxygen atoms in total. The highest BCUT2D eigenvalue weighted by molar-refractivity contribution is 7.90. The van der Waals surface area contributed by atoms with E-state index in [9.17, 15) is 12.8 Å². The Balaban J connectivity index is 1.38. The lowest BCUT2D eigenvalue weighted by Gasteiger charge is -2.25. The van der Waals surface area contributed by atoms with Gasteiger partial charge in [-0.3, -0.25) is 4.40 Å². The summed E-state index contributed by atoms with van der Waals surface area (Å²) in [5.41, 5.74) is 3.79. The fraction of sp³-hybridized carbons (Fsp3) is 0.250. The second-order valence-corrected chi connectivity index (χ2v) is 10.3. The molecule has 0 saturated heterocycles. The second kappa shape index (κ2) is 9.06. The lowest BCUT2D eigenvalue weighted by molar-refractivity contribution is 0.571. The van der Waals surface area contributed by atoms with Gasteiger partial charge in [0, 0.05) is 43.6 Å². The number of fused-ring (bicyclic) bond motifs is 1. The number of sulfone groups is 1. The zero-order valence-electron chi connectivity index (χ0n) is 19.3. The van der Waals surface area contributed by atoms with E-state index in [0.29, 0.717) is 29.5 Å². The standard InChI is InChI=1S/C24H24FN7O2S/c1-3-16-14-26-24(27-15-16)31-11-8-17(9-12-31)22-29-30-23-20(5-4-10-32(22)23)28-18-6-7-21(19(25)13-18)35(2,33)34/h4-8,10,13-15,28H,3,9,11-12H2,1-2H3. The predicted octanol–water partition coefficient (Wildman–Crippen LogP) is 3.66. The van der Waals surface area contributed by atoms with Crippen molar-refractivity contribution in [2.75, 3.05) is 29.6 Å². The Labute approximate surface area is 202 Å². The quantitative estimate of drug-likeness (QED) is 0.434. The average molecular weight is 494 g/mol. The van der Waals surface area contributed by atoms with Crippen LogP contribution in [0.5, 0.6) is 0 Å². The van der Waals surface area contributed by atoms with Crippen LogP contribution >= 0.6 is 0 Å². The number of anilines is 3. The molecule has 0 radical (unpaired) electrons. The highest BCUT2D eigenvalue weighted by atomic mass is 32.2. The first kappa shape index (κ1) is 22.9. The van der Waals surface area contributed by atoms with Gasteiger partial charge < -0.3 is 10.2 Å². The highest BCUT2D eigenvalue weighted by Crippen LogP contribution is 2.28. The first-order valence-electron chi connectivity index (χ1n) is 11.2. The van der Waals surface area contributed by atoms with Gasteiger partial charge in [0.1, 0.15) is 10.7 Å². The number of benzene rings is 1. The molecule has 0 spiro atoms. The summed E-state index contributed by atoms with van der Waals surface area (Å²) in [6.07, 6.45) is 10.4. The van der Waals surface area contributed by atoms with E-state index in [-0.39, 0.29) is 4.90 Å². The van der Waals surface area contributed by atoms with Crippen molar-refractivity contribution < 1.29 is 12.8 Å². The molecule has 0 aliphatic carbocycles. The normalized spacial score (nSPS) is 14.3. The highest BCUT2D eigenvalue weighted by Gasteiger charge is 2.20. The average Bonchev–Trinajstić information content (AvgIpc) is 3.29. The summed E-state index contributed by atoms with van der Waals surface area (Å²) in [5.74, 6) is 0.644. The molecule has 11 heteroatoms. The minimum absolute atomic E-state index is 0.337. The van der Waals surface area contributed by atoms with E-state index in [1.54, 1.807) is 0 Å². The molecule has 0 unspecified atom stereocenters. The van der Waals surface area contributed by atoms with Crippen molar-refractivity contribution in [2.45, 2.75) is 24.7 Å². The Morgan fingerprint density at radius 3 is 2.60 bits per heavy atom. The van der Waals surface area contributed by atoms with Gasteiger partial charge in [0.05, 0.1) is 5.69 Å². The van der Waals surface area contributed by atoms with Crippen LogP contribution in [0.25, 0.3) is 11.2 Å². The van der Waals surface area contributed by atoms with Crippen LogP contribution < -0.4 is 10.2 Å². The van der Waals surface area contributed by atoms with E-state index >= 15 is 0 Å². The number of aromatic nitrogens is 5. The van der Waals surface area contributed by atoms with Crippen LogP contribution in [0.3, 0.4) is 0 Å². The third-order valence-corrected chi connectivity index (χ3v) is 7.05. The number of nitrogens with one attached hydrogen (secondary N) is 1. The van der Waals surface area contributed by atoms with Crippen LogP contribution in [0.1, 0.15) is 24.7 Å². The third kappa shape index (κ3) is 4.59. The molecule has 5 rings (SSSR count). The number of aryl methyl sites for hydroxylation is 1. The maximum Gasteiger partial charge on any atom is 0.225 e. The van der Waals surface area contributed by atoms with Crippen molar-refractivity contribution in [1.82, 2.24) is 24.6 Å². The van der Waals surface area contributed by atoms with Gasteiger partial charge >= 0.3 is 0 Å². The SMILES string of the molecule is CCc1cnc(N2CC=C(c3nnc4c(Nc5ccc(S(C)(=O)=O)c(F)c5)cccn34)CC2)nc1. The first-order valence-corrected chi connectivity index (χ1v) is 13.1. The maximum absolute atomic E-state index is 14.3. The van der Waals surface area contributed by atoms with E-state index in [4.69, 9.17) is 0 Å². The Morgan fingerprint density at radius 1 is 1.14 bits per heavy atom. The van der Waals surface area contributed by atoms with Gasteiger partial charge in [0.15, 0.2) is 21.3 Å². The number of halogens is 1. The fourth-order valence-corrected chi connectivity index (χ4v) is 4.74. The molecule has 0 bridgehead atoms. The lowest BCUT2D eigenvalue weighted by Crippen LogP contribution is -2.30. The molecule has 1 aliphatic rings. The van der Waals surface area contributed by atoms with Crippen molar-refractivity contribution in [1.29, 1.82) is 0 Å². The minimum atomic E-state index is -3.64. The molecule has 3 aromatic heterocycles. The molecule has 1 aromatic carbocycles. The van der Waals surface area contributed by atoms with Crippen LogP contribution in [0, 0.1) is 5.82 Å². The zero-order valence-corrected chi connectivity index (χ0v) is 20.1. The predicted molar refractivity (Wildman–Crippen MR) is 132 cm³/mol. The van der Waals surface area contributed by atoms with E-state index in [2.05, 4.69) is 43.4 Å². The van der Waals surface area contributed by atoms with Crippen molar-refractivity contribution >= 4 is 38.4 Å². The summed E-state index contributed by atoms with van der Waals surface area (Å²) >= 11 is 0. The smallest absolute Gasteiger partial charge is 0.225 e. The Kier molecular flexibility index (Phi) is 5.93. The van der Waals surface area contributed by atoms with Crippen LogP contribution in [0.2, 0.25) is 0 Å². The van der Waals surface area contributed by atoms with E-state index in [1.807, 2.05) is 35.1 Å². The number of rotatable bonds is 6.